The molecule has 0 aliphatic rings. The van der Waals surface area contributed by atoms with Gasteiger partial charge in [0, 0.05) is 25.7 Å². The Morgan fingerprint density at radius 3 is 2.65 bits per heavy atom. The lowest BCUT2D eigenvalue weighted by Crippen LogP contribution is -2.37. The zero-order chi connectivity index (χ0) is 22.1. The van der Waals surface area contributed by atoms with E-state index in [1.54, 1.807) is 12.1 Å². The third-order valence-electron chi connectivity index (χ3n) is 4.34. The van der Waals surface area contributed by atoms with Crippen LogP contribution < -0.4 is 15.4 Å². The topological polar surface area (TPSA) is 75.8 Å². The van der Waals surface area contributed by atoms with Gasteiger partial charge >= 0.3 is 6.18 Å². The van der Waals surface area contributed by atoms with E-state index in [-0.39, 0.29) is 5.75 Å². The number of rotatable bonds is 9. The molecule has 31 heavy (non-hydrogen) atoms. The van der Waals surface area contributed by atoms with Crippen molar-refractivity contribution in [1.82, 2.24) is 25.2 Å². The summed E-state index contributed by atoms with van der Waals surface area (Å²) in [5.41, 5.74) is 1.70. The minimum Gasteiger partial charge on any atom is -0.484 e. The van der Waals surface area contributed by atoms with Gasteiger partial charge in [-0.1, -0.05) is 18.2 Å². The molecule has 0 spiro atoms. The smallest absolute Gasteiger partial charge is 0.422 e. The first-order valence-corrected chi connectivity index (χ1v) is 10.0. The van der Waals surface area contributed by atoms with Crippen molar-refractivity contribution in [2.45, 2.75) is 32.5 Å². The first-order chi connectivity index (χ1) is 14.9. The zero-order valence-electron chi connectivity index (χ0n) is 17.2. The Hall–Kier alpha value is -3.30. The molecule has 2 aromatic heterocycles. The lowest BCUT2D eigenvalue weighted by Gasteiger charge is -2.11. The van der Waals surface area contributed by atoms with E-state index in [9.17, 15) is 13.2 Å². The SMILES string of the molecule is CCNC(=NCc1ccc(OCC(F)(F)F)cc1)NCCCc1nnc2ccccn12. The number of aryl methyl sites for hydroxylation is 1. The van der Waals surface area contributed by atoms with Gasteiger partial charge in [0.05, 0.1) is 6.54 Å². The van der Waals surface area contributed by atoms with Crippen LogP contribution in [0.15, 0.2) is 53.7 Å². The van der Waals surface area contributed by atoms with Gasteiger partial charge in [-0.15, -0.1) is 10.2 Å². The normalized spacial score (nSPS) is 12.2. The zero-order valence-corrected chi connectivity index (χ0v) is 17.2. The Morgan fingerprint density at radius 1 is 1.10 bits per heavy atom. The van der Waals surface area contributed by atoms with Gasteiger partial charge in [-0.3, -0.25) is 4.40 Å². The molecule has 166 valence electrons. The van der Waals surface area contributed by atoms with Gasteiger partial charge < -0.3 is 15.4 Å². The molecular formula is C21H25F3N6O. The van der Waals surface area contributed by atoms with Crippen LogP contribution in [-0.2, 0) is 13.0 Å². The summed E-state index contributed by atoms with van der Waals surface area (Å²) in [5.74, 6) is 1.76. The standard InChI is InChI=1S/C21H25F3N6O/c1-2-25-20(26-12-5-7-19-29-28-18-6-3-4-13-30(18)19)27-14-16-8-10-17(11-9-16)31-15-21(22,23)24/h3-4,6,8-11,13H,2,5,7,12,14-15H2,1H3,(H2,25,26,27). The van der Waals surface area contributed by atoms with Crippen LogP contribution in [0.25, 0.3) is 5.65 Å². The molecule has 10 heteroatoms. The van der Waals surface area contributed by atoms with E-state index in [0.29, 0.717) is 25.6 Å². The van der Waals surface area contributed by atoms with E-state index in [1.807, 2.05) is 35.7 Å². The van der Waals surface area contributed by atoms with Gasteiger partial charge in [-0.2, -0.15) is 13.2 Å². The lowest BCUT2D eigenvalue weighted by atomic mass is 10.2. The molecule has 2 N–H and O–H groups in total. The molecule has 3 rings (SSSR count). The highest BCUT2D eigenvalue weighted by Crippen LogP contribution is 2.19. The fourth-order valence-corrected chi connectivity index (χ4v) is 2.88. The Labute approximate surface area is 178 Å². The summed E-state index contributed by atoms with van der Waals surface area (Å²) in [6.07, 6.45) is -0.776. The number of nitrogens with zero attached hydrogens (tertiary/aromatic N) is 4. The quantitative estimate of drug-likeness (QED) is 0.307. The number of hydrogen-bond donors (Lipinski definition) is 2. The van der Waals surface area contributed by atoms with E-state index in [2.05, 4.69) is 25.8 Å². The van der Waals surface area contributed by atoms with Crippen LogP contribution in [0.3, 0.4) is 0 Å². The van der Waals surface area contributed by atoms with E-state index in [4.69, 9.17) is 4.74 Å². The lowest BCUT2D eigenvalue weighted by molar-refractivity contribution is -0.153. The number of hydrogen-bond acceptors (Lipinski definition) is 4. The number of nitrogens with one attached hydrogen (secondary N) is 2. The highest BCUT2D eigenvalue weighted by atomic mass is 19.4. The third kappa shape index (κ3) is 7.16. The number of alkyl halides is 3. The number of aliphatic imine (C=N–C) groups is 1. The summed E-state index contributed by atoms with van der Waals surface area (Å²) >= 11 is 0. The molecule has 0 saturated heterocycles. The Balaban J connectivity index is 1.47. The summed E-state index contributed by atoms with van der Waals surface area (Å²) < 4.78 is 43.3. The summed E-state index contributed by atoms with van der Waals surface area (Å²) in [5, 5.41) is 14.8. The van der Waals surface area contributed by atoms with Crippen molar-refractivity contribution in [3.05, 3.63) is 60.0 Å². The summed E-state index contributed by atoms with van der Waals surface area (Å²) in [4.78, 5) is 4.52. The van der Waals surface area contributed by atoms with Crippen molar-refractivity contribution in [3.8, 4) is 5.75 Å². The van der Waals surface area contributed by atoms with Crippen molar-refractivity contribution in [2.24, 2.45) is 4.99 Å². The summed E-state index contributed by atoms with van der Waals surface area (Å²) in [7, 11) is 0. The molecule has 0 aliphatic heterocycles. The largest absolute Gasteiger partial charge is 0.484 e. The number of aromatic nitrogens is 3. The van der Waals surface area contributed by atoms with Crippen molar-refractivity contribution < 1.29 is 17.9 Å². The third-order valence-corrected chi connectivity index (χ3v) is 4.34. The number of fused-ring (bicyclic) bond motifs is 1. The summed E-state index contributed by atoms with van der Waals surface area (Å²) in [6.45, 7) is 2.49. The highest BCUT2D eigenvalue weighted by molar-refractivity contribution is 5.79. The van der Waals surface area contributed by atoms with Crippen molar-refractivity contribution in [2.75, 3.05) is 19.7 Å². The number of guanidine groups is 1. The molecule has 0 unspecified atom stereocenters. The second-order valence-corrected chi connectivity index (χ2v) is 6.82. The summed E-state index contributed by atoms with van der Waals surface area (Å²) in [6, 6.07) is 12.2. The molecule has 3 aromatic rings. The highest BCUT2D eigenvalue weighted by Gasteiger charge is 2.28. The monoisotopic (exact) mass is 434 g/mol. The number of halogens is 3. The van der Waals surface area contributed by atoms with Crippen LogP contribution in [0.2, 0.25) is 0 Å². The number of pyridine rings is 1. The first-order valence-electron chi connectivity index (χ1n) is 10.0. The second kappa shape index (κ2) is 10.6. The molecule has 0 fully saturated rings. The predicted molar refractivity (Wildman–Crippen MR) is 112 cm³/mol. The molecule has 0 atom stereocenters. The van der Waals surface area contributed by atoms with Crippen LogP contribution in [0.1, 0.15) is 24.7 Å². The van der Waals surface area contributed by atoms with Gasteiger partial charge in [-0.05, 0) is 43.2 Å². The Kier molecular flexibility index (Phi) is 7.69. The molecule has 0 bridgehead atoms. The van der Waals surface area contributed by atoms with Crippen molar-refractivity contribution in [1.29, 1.82) is 0 Å². The molecule has 7 nitrogen and oxygen atoms in total. The van der Waals surface area contributed by atoms with Gasteiger partial charge in [0.25, 0.3) is 0 Å². The molecule has 0 amide bonds. The maximum atomic E-state index is 12.2. The average Bonchev–Trinajstić information content (AvgIpc) is 3.17. The molecule has 1 aromatic carbocycles. The van der Waals surface area contributed by atoms with Crippen LogP contribution in [0.5, 0.6) is 5.75 Å². The molecular weight excluding hydrogens is 409 g/mol. The van der Waals surface area contributed by atoms with Crippen LogP contribution in [-0.4, -0.2) is 46.4 Å². The number of ether oxygens (including phenoxy) is 1. The fraction of sp³-hybridized carbons (Fsp3) is 0.381. The van der Waals surface area contributed by atoms with Crippen LogP contribution >= 0.6 is 0 Å². The minimum atomic E-state index is -4.35. The predicted octanol–water partition coefficient (Wildman–Crippen LogP) is 3.36. The van der Waals surface area contributed by atoms with E-state index in [1.165, 1.54) is 12.1 Å². The van der Waals surface area contributed by atoms with Crippen LogP contribution in [0, 0.1) is 0 Å². The second-order valence-electron chi connectivity index (χ2n) is 6.82. The van der Waals surface area contributed by atoms with Gasteiger partial charge in [0.2, 0.25) is 0 Å². The molecule has 0 saturated carbocycles. The van der Waals surface area contributed by atoms with E-state index < -0.39 is 12.8 Å². The first kappa shape index (κ1) is 22.4. The van der Waals surface area contributed by atoms with Crippen molar-refractivity contribution in [3.63, 3.8) is 0 Å². The van der Waals surface area contributed by atoms with Crippen LogP contribution in [0.4, 0.5) is 13.2 Å². The molecule has 0 radical (unpaired) electrons. The number of benzene rings is 1. The average molecular weight is 434 g/mol. The fourth-order valence-electron chi connectivity index (χ4n) is 2.88. The van der Waals surface area contributed by atoms with E-state index >= 15 is 0 Å². The maximum Gasteiger partial charge on any atom is 0.422 e. The molecule has 2 heterocycles. The Morgan fingerprint density at radius 2 is 1.90 bits per heavy atom. The molecule has 0 aliphatic carbocycles. The van der Waals surface area contributed by atoms with Gasteiger partial charge in [-0.25, -0.2) is 4.99 Å². The van der Waals surface area contributed by atoms with Gasteiger partial charge in [0.15, 0.2) is 18.2 Å². The van der Waals surface area contributed by atoms with E-state index in [0.717, 1.165) is 29.9 Å². The minimum absolute atomic E-state index is 0.177. The maximum absolute atomic E-state index is 12.2. The van der Waals surface area contributed by atoms with Gasteiger partial charge in [0.1, 0.15) is 11.6 Å². The van der Waals surface area contributed by atoms with Crippen molar-refractivity contribution >= 4 is 11.6 Å². The Bertz CT molecular complexity index is 985.